The molecule has 0 fully saturated rings. The van der Waals surface area contributed by atoms with Crippen molar-refractivity contribution < 1.29 is 9.90 Å². The van der Waals surface area contributed by atoms with Crippen molar-refractivity contribution in [1.82, 2.24) is 9.38 Å². The number of pyridine rings is 1. The molecular weight excluding hydrogens is 292 g/mol. The standard InChI is InChI=1S/C17H16N4O2/c1-11-6-5-7-12(2)16(11)19-20-17-13(10-15(22)23)18-14-8-3-4-9-21(14)17/h3-9H,10H2,1-2H3,(H,22,23). The van der Waals surface area contributed by atoms with Crippen LogP contribution in [-0.4, -0.2) is 20.5 Å². The molecule has 0 unspecified atom stereocenters. The van der Waals surface area contributed by atoms with Crippen LogP contribution in [0.3, 0.4) is 0 Å². The molecule has 1 aromatic carbocycles. The molecular formula is C17H16N4O2. The third-order valence-electron chi connectivity index (χ3n) is 3.58. The van der Waals surface area contributed by atoms with Crippen LogP contribution in [0.4, 0.5) is 11.5 Å². The number of azo groups is 1. The van der Waals surface area contributed by atoms with Gasteiger partial charge in [-0.1, -0.05) is 24.3 Å². The van der Waals surface area contributed by atoms with Gasteiger partial charge in [-0.05, 0) is 37.1 Å². The van der Waals surface area contributed by atoms with Gasteiger partial charge >= 0.3 is 5.97 Å². The molecule has 0 radical (unpaired) electrons. The second kappa shape index (κ2) is 6.00. The zero-order chi connectivity index (χ0) is 16.4. The van der Waals surface area contributed by atoms with Gasteiger partial charge in [0.15, 0.2) is 5.82 Å². The molecule has 6 nitrogen and oxygen atoms in total. The van der Waals surface area contributed by atoms with E-state index in [0.29, 0.717) is 17.2 Å². The number of rotatable bonds is 4. The minimum atomic E-state index is -0.947. The molecule has 0 aliphatic heterocycles. The van der Waals surface area contributed by atoms with Gasteiger partial charge in [-0.3, -0.25) is 9.20 Å². The van der Waals surface area contributed by atoms with Crippen LogP contribution in [0, 0.1) is 13.8 Å². The predicted octanol–water partition coefficient (Wildman–Crippen LogP) is 3.99. The second-order valence-corrected chi connectivity index (χ2v) is 5.32. The number of carbonyl (C=O) groups is 1. The van der Waals surface area contributed by atoms with Crippen molar-refractivity contribution in [2.24, 2.45) is 10.2 Å². The number of carboxylic acid groups (broad SMARTS) is 1. The van der Waals surface area contributed by atoms with E-state index in [0.717, 1.165) is 16.8 Å². The summed E-state index contributed by atoms with van der Waals surface area (Å²) in [5, 5.41) is 17.7. The number of fused-ring (bicyclic) bond motifs is 1. The molecule has 0 amide bonds. The summed E-state index contributed by atoms with van der Waals surface area (Å²) in [6.45, 7) is 3.93. The topological polar surface area (TPSA) is 79.3 Å². The molecule has 0 spiro atoms. The highest BCUT2D eigenvalue weighted by Crippen LogP contribution is 2.28. The number of carboxylic acids is 1. The number of aliphatic carboxylic acids is 1. The summed E-state index contributed by atoms with van der Waals surface area (Å²) in [6, 6.07) is 11.4. The van der Waals surface area contributed by atoms with Gasteiger partial charge in [-0.25, -0.2) is 4.98 Å². The fraction of sp³-hybridized carbons (Fsp3) is 0.176. The van der Waals surface area contributed by atoms with E-state index >= 15 is 0 Å². The van der Waals surface area contributed by atoms with E-state index < -0.39 is 5.97 Å². The molecule has 0 aliphatic rings. The Hall–Kier alpha value is -3.02. The highest BCUT2D eigenvalue weighted by Gasteiger charge is 2.14. The lowest BCUT2D eigenvalue weighted by atomic mass is 10.1. The molecule has 3 rings (SSSR count). The number of hydrogen-bond donors (Lipinski definition) is 1. The highest BCUT2D eigenvalue weighted by atomic mass is 16.4. The van der Waals surface area contributed by atoms with Crippen LogP contribution in [0.1, 0.15) is 16.8 Å². The average Bonchev–Trinajstić information content (AvgIpc) is 2.83. The van der Waals surface area contributed by atoms with Crippen molar-refractivity contribution in [2.75, 3.05) is 0 Å². The molecule has 23 heavy (non-hydrogen) atoms. The van der Waals surface area contributed by atoms with Crippen molar-refractivity contribution in [2.45, 2.75) is 20.3 Å². The Balaban J connectivity index is 2.11. The van der Waals surface area contributed by atoms with Crippen molar-refractivity contribution in [3.63, 3.8) is 0 Å². The smallest absolute Gasteiger partial charge is 0.309 e. The molecule has 3 aromatic rings. The fourth-order valence-electron chi connectivity index (χ4n) is 2.46. The lowest BCUT2D eigenvalue weighted by Crippen LogP contribution is -2.00. The Bertz CT molecular complexity index is 892. The molecule has 0 bridgehead atoms. The summed E-state index contributed by atoms with van der Waals surface area (Å²) in [4.78, 5) is 15.4. The lowest BCUT2D eigenvalue weighted by molar-refractivity contribution is -0.136. The molecule has 0 saturated carbocycles. The van der Waals surface area contributed by atoms with Crippen LogP contribution in [0.25, 0.3) is 5.65 Å². The predicted molar refractivity (Wildman–Crippen MR) is 86.6 cm³/mol. The van der Waals surface area contributed by atoms with Crippen LogP contribution < -0.4 is 0 Å². The number of hydrogen-bond acceptors (Lipinski definition) is 4. The molecule has 116 valence electrons. The Morgan fingerprint density at radius 2 is 1.87 bits per heavy atom. The van der Waals surface area contributed by atoms with Gasteiger partial charge in [-0.15, -0.1) is 10.2 Å². The quantitative estimate of drug-likeness (QED) is 0.740. The first-order valence-corrected chi connectivity index (χ1v) is 7.22. The van der Waals surface area contributed by atoms with E-state index in [9.17, 15) is 4.79 Å². The van der Waals surface area contributed by atoms with Crippen LogP contribution in [0.2, 0.25) is 0 Å². The summed E-state index contributed by atoms with van der Waals surface area (Å²) in [6.07, 6.45) is 1.61. The first-order chi connectivity index (χ1) is 11.1. The van der Waals surface area contributed by atoms with Crippen LogP contribution in [-0.2, 0) is 11.2 Å². The number of nitrogens with zero attached hydrogens (tertiary/aromatic N) is 4. The summed E-state index contributed by atoms with van der Waals surface area (Å²) in [7, 11) is 0. The Morgan fingerprint density at radius 1 is 1.13 bits per heavy atom. The van der Waals surface area contributed by atoms with E-state index in [1.165, 1.54) is 0 Å². The Morgan fingerprint density at radius 3 is 2.57 bits per heavy atom. The first kappa shape index (κ1) is 14.9. The third kappa shape index (κ3) is 2.96. The summed E-state index contributed by atoms with van der Waals surface area (Å²) in [5.74, 6) is -0.498. The van der Waals surface area contributed by atoms with Crippen molar-refractivity contribution in [1.29, 1.82) is 0 Å². The molecule has 1 N–H and O–H groups in total. The zero-order valence-corrected chi connectivity index (χ0v) is 12.9. The van der Waals surface area contributed by atoms with Crippen LogP contribution in [0.5, 0.6) is 0 Å². The van der Waals surface area contributed by atoms with E-state index in [1.807, 2.05) is 50.2 Å². The summed E-state index contributed by atoms with van der Waals surface area (Å²) >= 11 is 0. The molecule has 6 heteroatoms. The van der Waals surface area contributed by atoms with Crippen molar-refractivity contribution in [3.8, 4) is 0 Å². The molecule has 0 atom stereocenters. The number of aromatic nitrogens is 2. The normalized spacial score (nSPS) is 11.4. The van der Waals surface area contributed by atoms with E-state index in [1.54, 1.807) is 10.6 Å². The number of benzene rings is 1. The molecule has 0 aliphatic carbocycles. The van der Waals surface area contributed by atoms with Crippen molar-refractivity contribution >= 4 is 23.1 Å². The molecule has 2 aromatic heterocycles. The van der Waals surface area contributed by atoms with E-state index in [-0.39, 0.29) is 6.42 Å². The highest BCUT2D eigenvalue weighted by molar-refractivity contribution is 5.72. The van der Waals surface area contributed by atoms with Gasteiger partial charge < -0.3 is 5.11 Å². The lowest BCUT2D eigenvalue weighted by Gasteiger charge is -2.02. The van der Waals surface area contributed by atoms with Gasteiger partial charge in [0.25, 0.3) is 0 Å². The van der Waals surface area contributed by atoms with Gasteiger partial charge in [0, 0.05) is 6.20 Å². The monoisotopic (exact) mass is 308 g/mol. The molecule has 2 heterocycles. The zero-order valence-electron chi connectivity index (χ0n) is 12.9. The van der Waals surface area contributed by atoms with Crippen LogP contribution in [0.15, 0.2) is 52.8 Å². The number of aryl methyl sites for hydroxylation is 2. The first-order valence-electron chi connectivity index (χ1n) is 7.22. The Labute approximate surface area is 133 Å². The minimum Gasteiger partial charge on any atom is -0.481 e. The van der Waals surface area contributed by atoms with Gasteiger partial charge in [-0.2, -0.15) is 0 Å². The van der Waals surface area contributed by atoms with Gasteiger partial charge in [0.2, 0.25) is 0 Å². The Kier molecular flexibility index (Phi) is 3.89. The van der Waals surface area contributed by atoms with Gasteiger partial charge in [0.1, 0.15) is 5.65 Å². The maximum Gasteiger partial charge on any atom is 0.309 e. The summed E-state index contributed by atoms with van der Waals surface area (Å²) < 4.78 is 1.75. The second-order valence-electron chi connectivity index (χ2n) is 5.32. The third-order valence-corrected chi connectivity index (χ3v) is 3.58. The SMILES string of the molecule is Cc1cccc(C)c1N=Nc1c(CC(=O)O)nc2ccccn12. The maximum atomic E-state index is 11.1. The van der Waals surface area contributed by atoms with Crippen molar-refractivity contribution in [3.05, 3.63) is 59.4 Å². The average molecular weight is 308 g/mol. The van der Waals surface area contributed by atoms with Crippen LogP contribution >= 0.6 is 0 Å². The molecule has 0 saturated heterocycles. The number of imidazole rings is 1. The summed E-state index contributed by atoms with van der Waals surface area (Å²) in [5.41, 5.74) is 3.88. The minimum absolute atomic E-state index is 0.192. The largest absolute Gasteiger partial charge is 0.481 e. The van der Waals surface area contributed by atoms with E-state index in [2.05, 4.69) is 15.2 Å². The van der Waals surface area contributed by atoms with E-state index in [4.69, 9.17) is 5.11 Å². The van der Waals surface area contributed by atoms with Gasteiger partial charge in [0.05, 0.1) is 17.8 Å². The maximum absolute atomic E-state index is 11.1. The fourth-order valence-corrected chi connectivity index (χ4v) is 2.46.